The first-order valence-electron chi connectivity index (χ1n) is 2.21. The third-order valence-electron chi connectivity index (χ3n) is 0.604. The van der Waals surface area contributed by atoms with Gasteiger partial charge in [-0.05, 0) is 0 Å². The Labute approximate surface area is 79.6 Å². The monoisotopic (exact) mass is 222 g/mol. The summed E-state index contributed by atoms with van der Waals surface area (Å²) in [5.74, 6) is 0. The molecule has 0 saturated carbocycles. The summed E-state index contributed by atoms with van der Waals surface area (Å²) >= 11 is 0. The minimum Gasteiger partial charge on any atom is -1.00 e. The van der Waals surface area contributed by atoms with Gasteiger partial charge in [0.25, 0.3) is 0 Å². The van der Waals surface area contributed by atoms with Crippen molar-refractivity contribution in [3.05, 3.63) is 6.92 Å². The van der Waals surface area contributed by atoms with Crippen molar-refractivity contribution in [2.24, 2.45) is 0 Å². The van der Waals surface area contributed by atoms with Crippen LogP contribution in [0.3, 0.4) is 0 Å². The summed E-state index contributed by atoms with van der Waals surface area (Å²) in [4.78, 5) is 0. The second-order valence-corrected chi connectivity index (χ2v) is 1.21. The molecule has 0 aliphatic carbocycles. The van der Waals surface area contributed by atoms with Crippen LogP contribution < -0.4 is 24.0 Å². The molecule has 0 aromatic carbocycles. The van der Waals surface area contributed by atoms with Gasteiger partial charge in [-0.1, -0.05) is 19.8 Å². The van der Waals surface area contributed by atoms with Crippen LogP contribution in [0, 0.1) is 6.92 Å². The molecule has 0 nitrogen and oxygen atoms in total. The van der Waals surface area contributed by atoms with Crippen molar-refractivity contribution in [2.75, 3.05) is 0 Å². The molecule has 0 bridgehead atoms. The molecule has 0 N–H and O–H groups in total. The Hall–Kier alpha value is 1.50. The molecule has 0 spiro atoms. The molecule has 0 radical (unpaired) electrons. The zero-order valence-electron chi connectivity index (χ0n) is 4.91. The number of hydrogen-bond acceptors (Lipinski definition) is 0. The molecule has 40 valence electrons. The molecule has 0 amide bonds. The number of rotatable bonds is 2. The summed E-state index contributed by atoms with van der Waals surface area (Å²) in [6.45, 7) is 5.85. The van der Waals surface area contributed by atoms with Gasteiger partial charge < -0.3 is 30.9 Å². The van der Waals surface area contributed by atoms with Crippen molar-refractivity contribution in [1.82, 2.24) is 0 Å². The van der Waals surface area contributed by atoms with Crippen LogP contribution in [-0.4, -0.2) is 23.1 Å². The van der Waals surface area contributed by atoms with Crippen LogP contribution in [0.25, 0.3) is 0 Å². The fraction of sp³-hybridized carbons (Fsp3) is 0.800. The Balaban J connectivity index is -0.0000000800. The topological polar surface area (TPSA) is 0 Å². The number of unbranched alkanes of at least 4 members (excludes halogenated alkanes) is 2. The number of hydrogen-bond donors (Lipinski definition) is 0. The standard InChI is InChI=1S/C5H11.HI.Mg/c1-3-5-4-2;;/h1,3-5H2,2H3;1H;/q-1;;+2/p-1. The molecule has 0 fully saturated rings. The minimum atomic E-state index is 0. The molecule has 0 heterocycles. The molecule has 7 heavy (non-hydrogen) atoms. The van der Waals surface area contributed by atoms with Crippen LogP contribution in [0.2, 0.25) is 0 Å². The molecule has 0 unspecified atom stereocenters. The van der Waals surface area contributed by atoms with Gasteiger partial charge in [0.2, 0.25) is 0 Å². The zero-order valence-corrected chi connectivity index (χ0v) is 8.49. The first-order chi connectivity index (χ1) is 2.41. The van der Waals surface area contributed by atoms with E-state index in [2.05, 4.69) is 13.8 Å². The molecule has 0 aliphatic heterocycles. The van der Waals surface area contributed by atoms with E-state index in [0.717, 1.165) is 6.42 Å². The number of halogens is 1. The summed E-state index contributed by atoms with van der Waals surface area (Å²) < 4.78 is 0. The van der Waals surface area contributed by atoms with Crippen LogP contribution >= 0.6 is 0 Å². The van der Waals surface area contributed by atoms with Crippen molar-refractivity contribution < 1.29 is 24.0 Å². The Kier molecular flexibility index (Phi) is 35.3. The van der Waals surface area contributed by atoms with Crippen LogP contribution in [0.5, 0.6) is 0 Å². The SMILES string of the molecule is [CH2-]CCCC.[I-].[Mg+2]. The van der Waals surface area contributed by atoms with Gasteiger partial charge in [-0.25, -0.2) is 0 Å². The Morgan fingerprint density at radius 2 is 1.86 bits per heavy atom. The normalized spacial score (nSPS) is 6.00. The van der Waals surface area contributed by atoms with Crippen LogP contribution in [0.1, 0.15) is 26.2 Å². The van der Waals surface area contributed by atoms with Gasteiger partial charge >= 0.3 is 23.1 Å². The van der Waals surface area contributed by atoms with Gasteiger partial charge in [0, 0.05) is 0 Å². The average Bonchev–Trinajstić information content (AvgIpc) is 1.41. The zero-order chi connectivity index (χ0) is 4.12. The predicted molar refractivity (Wildman–Crippen MR) is 30.6 cm³/mol. The first-order valence-corrected chi connectivity index (χ1v) is 2.21. The van der Waals surface area contributed by atoms with Crippen molar-refractivity contribution in [3.63, 3.8) is 0 Å². The fourth-order valence-corrected chi connectivity index (χ4v) is 0.250. The summed E-state index contributed by atoms with van der Waals surface area (Å²) in [6, 6.07) is 0. The van der Waals surface area contributed by atoms with Crippen molar-refractivity contribution in [1.29, 1.82) is 0 Å². The molecule has 0 aromatic rings. The molecule has 0 saturated heterocycles. The van der Waals surface area contributed by atoms with E-state index in [9.17, 15) is 0 Å². The van der Waals surface area contributed by atoms with Gasteiger partial charge in [0.1, 0.15) is 0 Å². The van der Waals surface area contributed by atoms with E-state index in [4.69, 9.17) is 0 Å². The third kappa shape index (κ3) is 18.5. The van der Waals surface area contributed by atoms with Crippen LogP contribution in [0.4, 0.5) is 0 Å². The van der Waals surface area contributed by atoms with Gasteiger partial charge in [-0.15, -0.1) is 0 Å². The second-order valence-electron chi connectivity index (χ2n) is 1.21. The molecule has 0 atom stereocenters. The van der Waals surface area contributed by atoms with Gasteiger partial charge in [0.05, 0.1) is 0 Å². The van der Waals surface area contributed by atoms with E-state index in [0.29, 0.717) is 0 Å². The molecule has 0 aliphatic rings. The Bertz CT molecular complexity index is 15.6. The molecule has 0 aromatic heterocycles. The van der Waals surface area contributed by atoms with Gasteiger partial charge in [-0.3, -0.25) is 0 Å². The Morgan fingerprint density at radius 1 is 1.43 bits per heavy atom. The third-order valence-corrected chi connectivity index (χ3v) is 0.604. The smallest absolute Gasteiger partial charge is 1.00 e. The molecular weight excluding hydrogens is 211 g/mol. The van der Waals surface area contributed by atoms with E-state index in [1.165, 1.54) is 12.8 Å². The van der Waals surface area contributed by atoms with Crippen LogP contribution in [0.15, 0.2) is 0 Å². The van der Waals surface area contributed by atoms with E-state index in [1.54, 1.807) is 0 Å². The minimum absolute atomic E-state index is 0. The van der Waals surface area contributed by atoms with Gasteiger partial charge in [0.15, 0.2) is 0 Å². The van der Waals surface area contributed by atoms with E-state index in [1.807, 2.05) is 0 Å². The van der Waals surface area contributed by atoms with Crippen LogP contribution in [-0.2, 0) is 0 Å². The largest absolute Gasteiger partial charge is 2.00 e. The molecular formula is C5H11IMg. The van der Waals surface area contributed by atoms with Crippen molar-refractivity contribution in [2.45, 2.75) is 26.2 Å². The quantitative estimate of drug-likeness (QED) is 0.307. The van der Waals surface area contributed by atoms with E-state index < -0.39 is 0 Å². The van der Waals surface area contributed by atoms with E-state index in [-0.39, 0.29) is 47.0 Å². The maximum absolute atomic E-state index is 3.68. The summed E-state index contributed by atoms with van der Waals surface area (Å²) in [7, 11) is 0. The maximum atomic E-state index is 3.68. The average molecular weight is 222 g/mol. The molecule has 0 rings (SSSR count). The van der Waals surface area contributed by atoms with Gasteiger partial charge in [-0.2, -0.15) is 6.42 Å². The predicted octanol–water partition coefficient (Wildman–Crippen LogP) is -1.37. The summed E-state index contributed by atoms with van der Waals surface area (Å²) in [6.07, 6.45) is 3.65. The summed E-state index contributed by atoms with van der Waals surface area (Å²) in [5, 5.41) is 0. The fourth-order valence-electron chi connectivity index (χ4n) is 0.250. The maximum Gasteiger partial charge on any atom is 2.00 e. The first kappa shape index (κ1) is 15.8. The summed E-state index contributed by atoms with van der Waals surface area (Å²) in [5.41, 5.74) is 0. The van der Waals surface area contributed by atoms with Crippen molar-refractivity contribution >= 4 is 23.1 Å². The Morgan fingerprint density at radius 3 is 1.86 bits per heavy atom. The van der Waals surface area contributed by atoms with E-state index >= 15 is 0 Å². The van der Waals surface area contributed by atoms with Crippen molar-refractivity contribution in [3.8, 4) is 0 Å². The molecule has 2 heteroatoms. The second kappa shape index (κ2) is 15.6.